The van der Waals surface area contributed by atoms with E-state index in [-0.39, 0.29) is 23.3 Å². The van der Waals surface area contributed by atoms with Crippen molar-refractivity contribution >= 4 is 34.8 Å². The van der Waals surface area contributed by atoms with E-state index in [1.165, 1.54) is 19.3 Å². The van der Waals surface area contributed by atoms with E-state index in [0.717, 1.165) is 56.3 Å². The molecule has 0 bridgehead atoms. The zero-order chi connectivity index (χ0) is 25.7. The molecule has 4 aliphatic rings. The van der Waals surface area contributed by atoms with E-state index in [4.69, 9.17) is 14.5 Å². The molecule has 9 heteroatoms. The summed E-state index contributed by atoms with van der Waals surface area (Å²) < 4.78 is 11.0. The quantitative estimate of drug-likeness (QED) is 0.661. The van der Waals surface area contributed by atoms with Crippen LogP contribution < -0.4 is 19.9 Å². The number of nitrogens with zero attached hydrogens (tertiary/aromatic N) is 4. The third kappa shape index (κ3) is 4.09. The van der Waals surface area contributed by atoms with E-state index in [1.807, 2.05) is 43.1 Å². The first-order valence-electron chi connectivity index (χ1n) is 13.3. The van der Waals surface area contributed by atoms with Crippen LogP contribution in [-0.4, -0.2) is 74.2 Å². The molecular formula is C28H35N5O4. The molecule has 37 heavy (non-hydrogen) atoms. The van der Waals surface area contributed by atoms with Crippen LogP contribution in [0.3, 0.4) is 0 Å². The van der Waals surface area contributed by atoms with E-state index in [1.54, 1.807) is 18.1 Å². The minimum absolute atomic E-state index is 0.0131. The van der Waals surface area contributed by atoms with Crippen LogP contribution in [0.15, 0.2) is 30.3 Å². The second kappa shape index (κ2) is 9.20. The van der Waals surface area contributed by atoms with Crippen molar-refractivity contribution in [3.05, 3.63) is 35.9 Å². The van der Waals surface area contributed by atoms with Gasteiger partial charge in [0, 0.05) is 31.7 Å². The molecule has 9 nitrogen and oxygen atoms in total. The molecule has 0 radical (unpaired) electrons. The van der Waals surface area contributed by atoms with Crippen molar-refractivity contribution in [1.29, 1.82) is 0 Å². The number of rotatable bonds is 5. The molecule has 2 amide bonds. The van der Waals surface area contributed by atoms with E-state index in [9.17, 15) is 9.59 Å². The van der Waals surface area contributed by atoms with Gasteiger partial charge in [-0.1, -0.05) is 19.3 Å². The molecule has 2 aromatic rings. The van der Waals surface area contributed by atoms with Crippen LogP contribution in [0.1, 0.15) is 49.4 Å². The Morgan fingerprint density at radius 3 is 2.57 bits per heavy atom. The fraction of sp³-hybridized carbons (Fsp3) is 0.536. The standard InChI is InChI=1S/C28H35N5O4/c1-18-26(34)31(2)22-11-12-24(30-25(22)33(18)20-7-5-4-6-8-20)29-21-10-9-19(13-23(21)36-3)27(35)32-14-28(15-32)16-37-17-28/h9-13,18,20H,4-8,14-17H2,1-3H3,(H,29,30)/t18-/m1/s1. The monoisotopic (exact) mass is 505 g/mol. The number of ether oxygens (including phenoxy) is 2. The Morgan fingerprint density at radius 2 is 1.89 bits per heavy atom. The number of fused-ring (bicyclic) bond motifs is 1. The summed E-state index contributed by atoms with van der Waals surface area (Å²) in [5, 5.41) is 3.38. The van der Waals surface area contributed by atoms with Gasteiger partial charge in [-0.3, -0.25) is 9.59 Å². The predicted octanol–water partition coefficient (Wildman–Crippen LogP) is 3.81. The second-order valence-electron chi connectivity index (χ2n) is 11.0. The van der Waals surface area contributed by atoms with Crippen LogP contribution in [0.2, 0.25) is 0 Å². The zero-order valence-corrected chi connectivity index (χ0v) is 21.8. The van der Waals surface area contributed by atoms with Crippen molar-refractivity contribution in [3.8, 4) is 5.75 Å². The first kappa shape index (κ1) is 24.0. The molecule has 4 heterocycles. The lowest BCUT2D eigenvalue weighted by Crippen LogP contribution is -2.67. The predicted molar refractivity (Wildman–Crippen MR) is 142 cm³/mol. The number of benzene rings is 1. The van der Waals surface area contributed by atoms with Gasteiger partial charge in [0.2, 0.25) is 5.91 Å². The fourth-order valence-corrected chi connectivity index (χ4v) is 6.24. The summed E-state index contributed by atoms with van der Waals surface area (Å²) in [6.07, 6.45) is 5.77. The number of hydrogen-bond donors (Lipinski definition) is 1. The number of aromatic nitrogens is 1. The zero-order valence-electron chi connectivity index (χ0n) is 21.8. The summed E-state index contributed by atoms with van der Waals surface area (Å²) >= 11 is 0. The normalized spacial score (nSPS) is 22.8. The number of likely N-dealkylation sites (tertiary alicyclic amines) is 1. The third-order valence-corrected chi connectivity index (χ3v) is 8.40. The molecule has 3 aliphatic heterocycles. The first-order valence-corrected chi connectivity index (χ1v) is 13.3. The van der Waals surface area contributed by atoms with Crippen molar-refractivity contribution in [2.24, 2.45) is 5.41 Å². The van der Waals surface area contributed by atoms with Gasteiger partial charge in [-0.15, -0.1) is 0 Å². The van der Waals surface area contributed by atoms with Crippen LogP contribution in [0.5, 0.6) is 5.75 Å². The topological polar surface area (TPSA) is 87.2 Å². The lowest BCUT2D eigenvalue weighted by molar-refractivity contribution is -0.176. The summed E-state index contributed by atoms with van der Waals surface area (Å²) in [5.41, 5.74) is 2.35. The summed E-state index contributed by atoms with van der Waals surface area (Å²) in [4.78, 5) is 36.8. The summed E-state index contributed by atoms with van der Waals surface area (Å²) in [7, 11) is 3.42. The number of nitrogens with one attached hydrogen (secondary N) is 1. The molecule has 1 aromatic heterocycles. The molecule has 1 spiro atoms. The molecule has 6 rings (SSSR count). The molecule has 0 unspecified atom stereocenters. The van der Waals surface area contributed by atoms with Gasteiger partial charge in [0.05, 0.1) is 37.1 Å². The van der Waals surface area contributed by atoms with Gasteiger partial charge < -0.3 is 29.5 Å². The number of likely N-dealkylation sites (N-methyl/N-ethyl adjacent to an activating group) is 1. The van der Waals surface area contributed by atoms with Crippen molar-refractivity contribution in [1.82, 2.24) is 9.88 Å². The maximum atomic E-state index is 13.0. The highest BCUT2D eigenvalue weighted by atomic mass is 16.5. The molecule has 1 aliphatic carbocycles. The van der Waals surface area contributed by atoms with Gasteiger partial charge >= 0.3 is 0 Å². The van der Waals surface area contributed by atoms with Crippen molar-refractivity contribution < 1.29 is 19.1 Å². The van der Waals surface area contributed by atoms with Crippen molar-refractivity contribution in [2.45, 2.75) is 51.1 Å². The number of methoxy groups -OCH3 is 1. The molecule has 3 fully saturated rings. The molecule has 196 valence electrons. The molecule has 1 N–H and O–H groups in total. The van der Waals surface area contributed by atoms with Crippen LogP contribution in [0, 0.1) is 5.41 Å². The van der Waals surface area contributed by atoms with E-state index < -0.39 is 0 Å². The molecule has 1 aromatic carbocycles. The van der Waals surface area contributed by atoms with Crippen molar-refractivity contribution in [3.63, 3.8) is 0 Å². The average Bonchev–Trinajstić information content (AvgIpc) is 2.86. The minimum Gasteiger partial charge on any atom is -0.495 e. The van der Waals surface area contributed by atoms with Gasteiger partial charge in [-0.05, 0) is 50.1 Å². The molecule has 1 saturated carbocycles. The van der Waals surface area contributed by atoms with Crippen LogP contribution in [0.25, 0.3) is 0 Å². The largest absolute Gasteiger partial charge is 0.495 e. The highest BCUT2D eigenvalue weighted by molar-refractivity contribution is 6.04. The van der Waals surface area contributed by atoms with Crippen LogP contribution >= 0.6 is 0 Å². The average molecular weight is 506 g/mol. The minimum atomic E-state index is -0.254. The van der Waals surface area contributed by atoms with Gasteiger partial charge in [0.25, 0.3) is 5.91 Å². The Labute approximate surface area is 217 Å². The maximum absolute atomic E-state index is 13.0. The van der Waals surface area contributed by atoms with E-state index >= 15 is 0 Å². The first-order chi connectivity index (χ1) is 17.9. The van der Waals surface area contributed by atoms with E-state index in [2.05, 4.69) is 10.2 Å². The molecular weight excluding hydrogens is 470 g/mol. The highest BCUT2D eigenvalue weighted by Gasteiger charge is 2.50. The highest BCUT2D eigenvalue weighted by Crippen LogP contribution is 2.41. The van der Waals surface area contributed by atoms with E-state index in [0.29, 0.717) is 23.2 Å². The van der Waals surface area contributed by atoms with Gasteiger partial charge in [-0.25, -0.2) is 4.98 Å². The number of pyridine rings is 1. The number of carbonyl (C=O) groups is 2. The summed E-state index contributed by atoms with van der Waals surface area (Å²) in [5.74, 6) is 2.20. The van der Waals surface area contributed by atoms with Gasteiger partial charge in [0.1, 0.15) is 17.6 Å². The van der Waals surface area contributed by atoms with Crippen molar-refractivity contribution in [2.75, 3.05) is 55.6 Å². The number of hydrogen-bond acceptors (Lipinski definition) is 7. The number of anilines is 4. The molecule has 2 saturated heterocycles. The Balaban J connectivity index is 1.25. The second-order valence-corrected chi connectivity index (χ2v) is 11.0. The number of carbonyl (C=O) groups excluding carboxylic acids is 2. The fourth-order valence-electron chi connectivity index (χ4n) is 6.24. The summed E-state index contributed by atoms with van der Waals surface area (Å²) in [6, 6.07) is 9.39. The van der Waals surface area contributed by atoms with Gasteiger partial charge in [-0.2, -0.15) is 0 Å². The Hall–Kier alpha value is -3.33. The smallest absolute Gasteiger partial charge is 0.254 e. The Morgan fingerprint density at radius 1 is 1.14 bits per heavy atom. The summed E-state index contributed by atoms with van der Waals surface area (Å²) in [6.45, 7) is 4.98. The third-order valence-electron chi connectivity index (χ3n) is 8.40. The Bertz CT molecular complexity index is 1220. The Kier molecular flexibility index (Phi) is 5.98. The number of amides is 2. The lowest BCUT2D eigenvalue weighted by atomic mass is 9.78. The SMILES string of the molecule is COc1cc(C(=O)N2CC3(COC3)C2)ccc1Nc1ccc2c(n1)N(C1CCCCC1)[C@H](C)C(=O)N2C. The van der Waals surface area contributed by atoms with Crippen LogP contribution in [-0.2, 0) is 9.53 Å². The lowest BCUT2D eigenvalue weighted by Gasteiger charge is -2.54. The molecule has 1 atom stereocenters. The van der Waals surface area contributed by atoms with Crippen LogP contribution in [0.4, 0.5) is 23.0 Å². The maximum Gasteiger partial charge on any atom is 0.254 e. The van der Waals surface area contributed by atoms with Gasteiger partial charge in [0.15, 0.2) is 5.82 Å².